The van der Waals surface area contributed by atoms with Crippen LogP contribution < -0.4 is 4.74 Å². The van der Waals surface area contributed by atoms with E-state index in [1.165, 1.54) is 0 Å². The number of nitrogens with one attached hydrogen (secondary N) is 1. The molecular weight excluding hydrogens is 381 g/mol. The molecule has 0 aliphatic carbocycles. The molecule has 9 heteroatoms. The van der Waals surface area contributed by atoms with Crippen LogP contribution in [-0.4, -0.2) is 20.0 Å². The molecule has 0 saturated heterocycles. The number of aromatic amines is 1. The van der Waals surface area contributed by atoms with Gasteiger partial charge < -0.3 is 4.74 Å². The van der Waals surface area contributed by atoms with Gasteiger partial charge in [0.2, 0.25) is 5.88 Å². The van der Waals surface area contributed by atoms with Gasteiger partial charge in [0.05, 0.1) is 22.4 Å². The number of H-pyrrole nitrogens is 1. The van der Waals surface area contributed by atoms with Gasteiger partial charge in [-0.05, 0) is 29.8 Å². The highest BCUT2D eigenvalue weighted by atomic mass is 35.5. The Morgan fingerprint density at radius 3 is 2.70 bits per heavy atom. The molecule has 0 amide bonds. The van der Waals surface area contributed by atoms with Gasteiger partial charge in [-0.15, -0.1) is 0 Å². The Bertz CT molecular complexity index is 1100. The molecule has 0 fully saturated rings. The highest BCUT2D eigenvalue weighted by molar-refractivity contribution is 6.32. The van der Waals surface area contributed by atoms with Crippen molar-refractivity contribution in [2.45, 2.75) is 12.8 Å². The number of hydrogen-bond donors (Lipinski definition) is 1. The van der Waals surface area contributed by atoms with Crippen LogP contribution in [0.2, 0.25) is 5.02 Å². The van der Waals surface area contributed by atoms with Gasteiger partial charge in [-0.3, -0.25) is 5.10 Å². The summed E-state index contributed by atoms with van der Waals surface area (Å²) in [5.41, 5.74) is 0.890. The minimum atomic E-state index is -4.60. The lowest BCUT2D eigenvalue weighted by molar-refractivity contribution is -0.141. The number of hydrogen-bond acceptors (Lipinski definition) is 3. The summed E-state index contributed by atoms with van der Waals surface area (Å²) < 4.78 is 46.1. The van der Waals surface area contributed by atoms with E-state index in [-0.39, 0.29) is 17.5 Å². The first kappa shape index (κ1) is 17.4. The van der Waals surface area contributed by atoms with Crippen LogP contribution >= 0.6 is 11.6 Å². The van der Waals surface area contributed by atoms with Gasteiger partial charge in [-0.1, -0.05) is 29.8 Å². The predicted molar refractivity (Wildman–Crippen MR) is 94.0 cm³/mol. The molecule has 1 N–H and O–H groups in total. The number of alkyl halides is 3. The van der Waals surface area contributed by atoms with Crippen LogP contribution in [0.25, 0.3) is 16.6 Å². The molecule has 0 aliphatic heterocycles. The quantitative estimate of drug-likeness (QED) is 0.531. The first-order valence-electron chi connectivity index (χ1n) is 7.89. The van der Waals surface area contributed by atoms with E-state index in [1.807, 2.05) is 12.1 Å². The number of nitrogens with zero attached hydrogens (tertiary/aromatic N) is 3. The average Bonchev–Trinajstić information content (AvgIpc) is 3.26. The van der Waals surface area contributed by atoms with Gasteiger partial charge in [-0.2, -0.15) is 28.1 Å². The number of rotatable bonds is 4. The summed E-state index contributed by atoms with van der Waals surface area (Å²) in [6, 6.07) is 12.8. The van der Waals surface area contributed by atoms with Gasteiger partial charge in [0, 0.05) is 11.5 Å². The molecule has 0 unspecified atom stereocenters. The molecule has 2 aromatic carbocycles. The van der Waals surface area contributed by atoms with E-state index in [0.29, 0.717) is 5.69 Å². The molecule has 0 radical (unpaired) electrons. The van der Waals surface area contributed by atoms with Gasteiger partial charge >= 0.3 is 6.18 Å². The molecule has 27 heavy (non-hydrogen) atoms. The molecule has 138 valence electrons. The van der Waals surface area contributed by atoms with Crippen molar-refractivity contribution in [3.05, 3.63) is 71.0 Å². The fourth-order valence-corrected chi connectivity index (χ4v) is 2.86. The Hall–Kier alpha value is -3.00. The average molecular weight is 393 g/mol. The van der Waals surface area contributed by atoms with E-state index in [4.69, 9.17) is 16.3 Å². The van der Waals surface area contributed by atoms with Gasteiger partial charge in [0.15, 0.2) is 5.69 Å². The van der Waals surface area contributed by atoms with E-state index < -0.39 is 11.9 Å². The van der Waals surface area contributed by atoms with E-state index in [1.54, 1.807) is 36.5 Å². The molecule has 0 aliphatic rings. The van der Waals surface area contributed by atoms with Crippen LogP contribution in [0.1, 0.15) is 11.3 Å². The third-order valence-electron chi connectivity index (χ3n) is 3.94. The monoisotopic (exact) mass is 392 g/mol. The smallest absolute Gasteiger partial charge is 0.435 e. The normalized spacial score (nSPS) is 11.9. The summed E-state index contributed by atoms with van der Waals surface area (Å²) >= 11 is 6.12. The highest BCUT2D eigenvalue weighted by Gasteiger charge is 2.35. The number of fused-ring (bicyclic) bond motifs is 1. The second-order valence-electron chi connectivity index (χ2n) is 5.81. The summed E-state index contributed by atoms with van der Waals surface area (Å²) in [5.74, 6) is -0.0530. The maximum absolute atomic E-state index is 13.1. The zero-order valence-corrected chi connectivity index (χ0v) is 14.4. The molecule has 0 saturated carbocycles. The second kappa shape index (κ2) is 6.62. The van der Waals surface area contributed by atoms with E-state index >= 15 is 0 Å². The molecule has 2 heterocycles. The fraction of sp³-hybridized carbons (Fsp3) is 0.111. The SMILES string of the molecule is FC(F)(F)c1cc(OCc2ccc3[nH]ncc3c2)n(-c2ccccc2Cl)n1. The van der Waals surface area contributed by atoms with E-state index in [9.17, 15) is 13.2 Å². The third-order valence-corrected chi connectivity index (χ3v) is 4.26. The van der Waals surface area contributed by atoms with Crippen LogP contribution in [0, 0.1) is 0 Å². The lowest BCUT2D eigenvalue weighted by atomic mass is 10.2. The first-order valence-corrected chi connectivity index (χ1v) is 8.26. The molecule has 0 bridgehead atoms. The number of ether oxygens (including phenoxy) is 1. The van der Waals surface area contributed by atoms with Crippen LogP contribution in [0.5, 0.6) is 5.88 Å². The maximum atomic E-state index is 13.1. The lowest BCUT2D eigenvalue weighted by Crippen LogP contribution is -2.08. The summed E-state index contributed by atoms with van der Waals surface area (Å²) in [5, 5.41) is 11.5. The predicted octanol–water partition coefficient (Wildman–Crippen LogP) is 5.00. The second-order valence-corrected chi connectivity index (χ2v) is 6.22. The van der Waals surface area contributed by atoms with Crippen molar-refractivity contribution in [1.82, 2.24) is 20.0 Å². The molecule has 5 nitrogen and oxygen atoms in total. The summed E-state index contributed by atoms with van der Waals surface area (Å²) in [6.45, 7) is 0.0641. The van der Waals surface area contributed by atoms with E-state index in [0.717, 1.165) is 27.2 Å². The summed E-state index contributed by atoms with van der Waals surface area (Å²) in [7, 11) is 0. The molecule has 2 aromatic heterocycles. The molecule has 0 atom stereocenters. The molecular formula is C18H12ClF3N4O. The van der Waals surface area contributed by atoms with Crippen molar-refractivity contribution < 1.29 is 17.9 Å². The Labute approximate surface area is 156 Å². The van der Waals surface area contributed by atoms with Crippen molar-refractivity contribution in [3.63, 3.8) is 0 Å². The van der Waals surface area contributed by atoms with E-state index in [2.05, 4.69) is 15.3 Å². The topological polar surface area (TPSA) is 55.7 Å². The van der Waals surface area contributed by atoms with Crippen LogP contribution in [0.15, 0.2) is 54.7 Å². The Balaban J connectivity index is 1.68. The van der Waals surface area contributed by atoms with Gasteiger partial charge in [0.25, 0.3) is 0 Å². The largest absolute Gasteiger partial charge is 0.473 e. The number of halogens is 4. The zero-order chi connectivity index (χ0) is 19.0. The van der Waals surface area contributed by atoms with Crippen LogP contribution in [0.3, 0.4) is 0 Å². The van der Waals surface area contributed by atoms with Gasteiger partial charge in [0.1, 0.15) is 6.61 Å². The maximum Gasteiger partial charge on any atom is 0.435 e. The lowest BCUT2D eigenvalue weighted by Gasteiger charge is -2.10. The zero-order valence-electron chi connectivity index (χ0n) is 13.7. The fourth-order valence-electron chi connectivity index (χ4n) is 2.64. The molecule has 0 spiro atoms. The summed E-state index contributed by atoms with van der Waals surface area (Å²) in [4.78, 5) is 0. The van der Waals surface area contributed by atoms with Crippen molar-refractivity contribution in [2.24, 2.45) is 0 Å². The standard InChI is InChI=1S/C18H12ClF3N4O/c19-13-3-1-2-4-15(13)26-17(8-16(25-26)18(20,21)22)27-10-11-5-6-14-12(7-11)9-23-24-14/h1-9H,10H2,(H,23,24). The molecule has 4 aromatic rings. The van der Waals surface area contributed by atoms with Crippen molar-refractivity contribution in [3.8, 4) is 11.6 Å². The minimum Gasteiger partial charge on any atom is -0.473 e. The Morgan fingerprint density at radius 1 is 1.11 bits per heavy atom. The van der Waals surface area contributed by atoms with Crippen molar-refractivity contribution in [2.75, 3.05) is 0 Å². The molecule has 4 rings (SSSR count). The number of benzene rings is 2. The third kappa shape index (κ3) is 3.48. The minimum absolute atomic E-state index is 0.0530. The summed E-state index contributed by atoms with van der Waals surface area (Å²) in [6.07, 6.45) is -2.94. The Morgan fingerprint density at radius 2 is 1.93 bits per heavy atom. The van der Waals surface area contributed by atoms with Crippen molar-refractivity contribution >= 4 is 22.5 Å². The van der Waals surface area contributed by atoms with Crippen LogP contribution in [-0.2, 0) is 12.8 Å². The number of para-hydroxylation sites is 1. The van der Waals surface area contributed by atoms with Gasteiger partial charge in [-0.25, -0.2) is 0 Å². The first-order chi connectivity index (χ1) is 12.9. The van der Waals surface area contributed by atoms with Crippen molar-refractivity contribution in [1.29, 1.82) is 0 Å². The number of aromatic nitrogens is 4. The highest BCUT2D eigenvalue weighted by Crippen LogP contribution is 2.33. The Kier molecular flexibility index (Phi) is 4.27. The van der Waals surface area contributed by atoms with Crippen LogP contribution in [0.4, 0.5) is 13.2 Å².